The quantitative estimate of drug-likeness (QED) is 0.270. The van der Waals surface area contributed by atoms with Gasteiger partial charge in [-0.05, 0) is 56.1 Å². The van der Waals surface area contributed by atoms with Gasteiger partial charge in [-0.2, -0.15) is 0 Å². The molecule has 184 valence electrons. The summed E-state index contributed by atoms with van der Waals surface area (Å²) in [6, 6.07) is 14.5. The highest BCUT2D eigenvalue weighted by Crippen LogP contribution is 2.19. The summed E-state index contributed by atoms with van der Waals surface area (Å²) in [6.45, 7) is 4.87. The fraction of sp³-hybridized carbons (Fsp3) is 0.458. The molecule has 0 radical (unpaired) electrons. The van der Waals surface area contributed by atoms with E-state index in [4.69, 9.17) is 24.5 Å². The smallest absolute Gasteiger partial charge is 0.408 e. The highest BCUT2D eigenvalue weighted by atomic mass is 16.6. The molecule has 0 heterocycles. The summed E-state index contributed by atoms with van der Waals surface area (Å²) in [5.41, 5.74) is 9.16. The van der Waals surface area contributed by atoms with Crippen molar-refractivity contribution < 1.29 is 28.8 Å². The Kier molecular flexibility index (Phi) is 10.5. The minimum absolute atomic E-state index is 0.0392. The van der Waals surface area contributed by atoms with Crippen LogP contribution in [0.25, 0.3) is 10.4 Å². The molecule has 0 fully saturated rings. The lowest BCUT2D eigenvalue weighted by Crippen LogP contribution is -2.54. The maximum Gasteiger partial charge on any atom is 0.408 e. The number of nitrogens with one attached hydrogen (secondary N) is 1. The minimum Gasteiger partial charge on any atom is -0.497 e. The molecule has 2 aromatic carbocycles. The first-order valence-electron chi connectivity index (χ1n) is 10.8. The van der Waals surface area contributed by atoms with Crippen LogP contribution in [-0.2, 0) is 16.1 Å². The standard InChI is InChI=1S/C24H32N4O6/c1-24(2,3)34-23(30)26-21(16-32-19-12-10-18(31-4)11-13-19)22(20(14-29)27-28-25)33-15-17-8-6-5-7-9-17/h5-13,20-22,29H,14-16H2,1-4H3,(H,26,30)/t20-,21-,22+/m0/s1. The topological polar surface area (TPSA) is 135 Å². The van der Waals surface area contributed by atoms with Crippen molar-refractivity contribution >= 4 is 6.09 Å². The molecule has 0 bridgehead atoms. The molecule has 0 saturated heterocycles. The number of azide groups is 1. The highest BCUT2D eigenvalue weighted by Gasteiger charge is 2.33. The zero-order chi connectivity index (χ0) is 25.0. The average molecular weight is 473 g/mol. The van der Waals surface area contributed by atoms with Crippen LogP contribution in [0.4, 0.5) is 4.79 Å². The maximum absolute atomic E-state index is 12.6. The molecule has 3 atom stereocenters. The van der Waals surface area contributed by atoms with Crippen molar-refractivity contribution in [2.75, 3.05) is 20.3 Å². The number of amides is 1. The Bertz CT molecular complexity index is 927. The third-order valence-electron chi connectivity index (χ3n) is 4.64. The molecule has 0 saturated carbocycles. The van der Waals surface area contributed by atoms with Crippen molar-refractivity contribution in [2.24, 2.45) is 5.11 Å². The van der Waals surface area contributed by atoms with Crippen LogP contribution >= 0.6 is 0 Å². The highest BCUT2D eigenvalue weighted by molar-refractivity contribution is 5.68. The maximum atomic E-state index is 12.6. The number of benzene rings is 2. The first-order valence-corrected chi connectivity index (χ1v) is 10.8. The second-order valence-corrected chi connectivity index (χ2v) is 8.46. The number of ether oxygens (including phenoxy) is 4. The summed E-state index contributed by atoms with van der Waals surface area (Å²) in [5.74, 6) is 1.20. The third kappa shape index (κ3) is 9.19. The average Bonchev–Trinajstić information content (AvgIpc) is 2.81. The molecule has 34 heavy (non-hydrogen) atoms. The van der Waals surface area contributed by atoms with Crippen LogP contribution in [0.5, 0.6) is 11.5 Å². The van der Waals surface area contributed by atoms with E-state index in [1.165, 1.54) is 0 Å². The van der Waals surface area contributed by atoms with Gasteiger partial charge in [0.05, 0.1) is 38.5 Å². The zero-order valence-corrected chi connectivity index (χ0v) is 19.9. The number of aliphatic hydroxyl groups excluding tert-OH is 1. The molecule has 10 heteroatoms. The first kappa shape index (κ1) is 26.8. The summed E-state index contributed by atoms with van der Waals surface area (Å²) in [4.78, 5) is 15.4. The van der Waals surface area contributed by atoms with Gasteiger partial charge in [0.15, 0.2) is 0 Å². The molecule has 0 aromatic heterocycles. The Hall–Kier alpha value is -3.46. The number of methoxy groups -OCH3 is 1. The van der Waals surface area contributed by atoms with E-state index in [1.807, 2.05) is 30.3 Å². The lowest BCUT2D eigenvalue weighted by Gasteiger charge is -2.32. The molecule has 2 N–H and O–H groups in total. The van der Waals surface area contributed by atoms with E-state index in [0.717, 1.165) is 5.56 Å². The van der Waals surface area contributed by atoms with Crippen molar-refractivity contribution in [3.63, 3.8) is 0 Å². The van der Waals surface area contributed by atoms with Gasteiger partial charge in [0, 0.05) is 4.91 Å². The Morgan fingerprint density at radius 3 is 2.32 bits per heavy atom. The van der Waals surface area contributed by atoms with E-state index in [9.17, 15) is 9.90 Å². The van der Waals surface area contributed by atoms with E-state index in [1.54, 1.807) is 52.1 Å². The molecule has 10 nitrogen and oxygen atoms in total. The van der Waals surface area contributed by atoms with Gasteiger partial charge in [-0.25, -0.2) is 4.79 Å². The second-order valence-electron chi connectivity index (χ2n) is 8.46. The molecular formula is C24H32N4O6. The Labute approximate surface area is 199 Å². The predicted molar refractivity (Wildman–Crippen MR) is 127 cm³/mol. The van der Waals surface area contributed by atoms with Crippen molar-refractivity contribution in [1.82, 2.24) is 5.32 Å². The van der Waals surface area contributed by atoms with Gasteiger partial charge < -0.3 is 29.4 Å². The molecule has 2 aromatic rings. The lowest BCUT2D eigenvalue weighted by molar-refractivity contribution is -0.0259. The Morgan fingerprint density at radius 2 is 1.76 bits per heavy atom. The van der Waals surface area contributed by atoms with Crippen LogP contribution in [-0.4, -0.2) is 55.3 Å². The van der Waals surface area contributed by atoms with Crippen LogP contribution < -0.4 is 14.8 Å². The Morgan fingerprint density at radius 1 is 1.12 bits per heavy atom. The van der Waals surface area contributed by atoms with Crippen LogP contribution in [0.15, 0.2) is 59.7 Å². The van der Waals surface area contributed by atoms with Crippen molar-refractivity contribution in [3.8, 4) is 11.5 Å². The molecule has 0 aliphatic rings. The summed E-state index contributed by atoms with van der Waals surface area (Å²) < 4.78 is 22.5. The van der Waals surface area contributed by atoms with Crippen LogP contribution in [0.1, 0.15) is 26.3 Å². The fourth-order valence-electron chi connectivity index (χ4n) is 3.07. The third-order valence-corrected chi connectivity index (χ3v) is 4.64. The number of alkyl carbamates (subject to hydrolysis) is 1. The molecule has 1 amide bonds. The summed E-state index contributed by atoms with van der Waals surface area (Å²) >= 11 is 0. The number of hydrogen-bond acceptors (Lipinski definition) is 7. The minimum atomic E-state index is -0.979. The molecular weight excluding hydrogens is 440 g/mol. The molecule has 0 spiro atoms. The number of nitrogens with zero attached hydrogens (tertiary/aromatic N) is 3. The van der Waals surface area contributed by atoms with Gasteiger partial charge in [0.1, 0.15) is 23.7 Å². The van der Waals surface area contributed by atoms with Crippen LogP contribution in [0, 0.1) is 0 Å². The molecule has 0 unspecified atom stereocenters. The van der Waals surface area contributed by atoms with E-state index in [2.05, 4.69) is 15.3 Å². The van der Waals surface area contributed by atoms with Crippen molar-refractivity contribution in [3.05, 3.63) is 70.6 Å². The van der Waals surface area contributed by atoms with E-state index in [-0.39, 0.29) is 13.2 Å². The number of hydrogen-bond donors (Lipinski definition) is 2. The molecule has 2 rings (SSSR count). The zero-order valence-electron chi connectivity index (χ0n) is 19.9. The van der Waals surface area contributed by atoms with Crippen molar-refractivity contribution in [1.29, 1.82) is 0 Å². The summed E-state index contributed by atoms with van der Waals surface area (Å²) in [5, 5.41) is 16.3. The largest absolute Gasteiger partial charge is 0.497 e. The number of carbonyl (C=O) groups is 1. The van der Waals surface area contributed by atoms with Gasteiger partial charge in [-0.15, -0.1) is 0 Å². The number of aliphatic hydroxyl groups is 1. The number of rotatable bonds is 12. The molecule has 0 aliphatic carbocycles. The normalized spacial score (nSPS) is 13.7. The summed E-state index contributed by atoms with van der Waals surface area (Å²) in [6.07, 6.45) is -1.60. The van der Waals surface area contributed by atoms with Crippen molar-refractivity contribution in [2.45, 2.75) is 51.2 Å². The van der Waals surface area contributed by atoms with Crippen LogP contribution in [0.2, 0.25) is 0 Å². The van der Waals surface area contributed by atoms with Gasteiger partial charge in [0.25, 0.3) is 0 Å². The predicted octanol–water partition coefficient (Wildman–Crippen LogP) is 4.22. The van der Waals surface area contributed by atoms with E-state index >= 15 is 0 Å². The lowest BCUT2D eigenvalue weighted by atomic mass is 10.0. The van der Waals surface area contributed by atoms with E-state index in [0.29, 0.717) is 11.5 Å². The van der Waals surface area contributed by atoms with Gasteiger partial charge in [-0.3, -0.25) is 0 Å². The summed E-state index contributed by atoms with van der Waals surface area (Å²) in [7, 11) is 1.57. The Balaban J connectivity index is 2.27. The molecule has 0 aliphatic heterocycles. The SMILES string of the molecule is COc1ccc(OC[C@H](NC(=O)OC(C)(C)C)[C@H](OCc2ccccc2)[C@H](CO)N=[N+]=[N-])cc1. The first-order chi connectivity index (χ1) is 16.3. The van der Waals surface area contributed by atoms with Gasteiger partial charge in [0.2, 0.25) is 0 Å². The fourth-order valence-corrected chi connectivity index (χ4v) is 3.07. The monoisotopic (exact) mass is 472 g/mol. The van der Waals surface area contributed by atoms with E-state index < -0.39 is 36.5 Å². The second kappa shape index (κ2) is 13.3. The van der Waals surface area contributed by atoms with Crippen LogP contribution in [0.3, 0.4) is 0 Å². The number of carbonyl (C=O) groups excluding carboxylic acids is 1. The van der Waals surface area contributed by atoms with Gasteiger partial charge >= 0.3 is 6.09 Å². The van der Waals surface area contributed by atoms with Gasteiger partial charge in [-0.1, -0.05) is 35.4 Å².